The molecule has 0 aliphatic heterocycles. The summed E-state index contributed by atoms with van der Waals surface area (Å²) in [4.78, 5) is 25.0. The van der Waals surface area contributed by atoms with Gasteiger partial charge in [-0.3, -0.25) is 9.78 Å². The van der Waals surface area contributed by atoms with Crippen LogP contribution in [0.25, 0.3) is 0 Å². The molecule has 6 heteroatoms. The van der Waals surface area contributed by atoms with Crippen LogP contribution in [-0.4, -0.2) is 20.9 Å². The van der Waals surface area contributed by atoms with Gasteiger partial charge in [-0.15, -0.1) is 0 Å². The van der Waals surface area contributed by atoms with Crippen LogP contribution in [0.2, 0.25) is 0 Å². The van der Waals surface area contributed by atoms with E-state index < -0.39 is 0 Å². The first-order chi connectivity index (χ1) is 12.3. The highest BCUT2D eigenvalue weighted by molar-refractivity contribution is 5.92. The Bertz CT molecular complexity index is 851. The third-order valence-electron chi connectivity index (χ3n) is 3.69. The van der Waals surface area contributed by atoms with E-state index in [-0.39, 0.29) is 5.91 Å². The topological polar surface area (TPSA) is 79.8 Å². The quantitative estimate of drug-likeness (QED) is 0.724. The van der Waals surface area contributed by atoms with Crippen molar-refractivity contribution < 1.29 is 4.79 Å². The van der Waals surface area contributed by atoms with Crippen LogP contribution in [0.5, 0.6) is 0 Å². The highest BCUT2D eigenvalue weighted by Crippen LogP contribution is 2.18. The van der Waals surface area contributed by atoms with Crippen molar-refractivity contribution in [2.45, 2.75) is 19.9 Å². The van der Waals surface area contributed by atoms with Crippen molar-refractivity contribution >= 4 is 17.5 Å². The van der Waals surface area contributed by atoms with Crippen molar-refractivity contribution in [3.05, 3.63) is 77.9 Å². The van der Waals surface area contributed by atoms with Gasteiger partial charge in [0.15, 0.2) is 0 Å². The fourth-order valence-electron chi connectivity index (χ4n) is 2.38. The van der Waals surface area contributed by atoms with Gasteiger partial charge in [-0.1, -0.05) is 31.2 Å². The van der Waals surface area contributed by atoms with Crippen LogP contribution < -0.4 is 10.6 Å². The first-order valence-corrected chi connectivity index (χ1v) is 8.12. The minimum atomic E-state index is -0.264. The van der Waals surface area contributed by atoms with Crippen molar-refractivity contribution in [2.75, 3.05) is 5.32 Å². The Balaban J connectivity index is 1.69. The lowest BCUT2D eigenvalue weighted by atomic mass is 10.1. The minimum Gasteiger partial charge on any atom is -0.345 e. The number of hydrogen-bond acceptors (Lipinski definition) is 5. The number of carbonyl (C=O) groups excluding carboxylic acids is 1. The van der Waals surface area contributed by atoms with Gasteiger partial charge >= 0.3 is 0 Å². The number of amides is 1. The van der Waals surface area contributed by atoms with Crippen LogP contribution >= 0.6 is 0 Å². The molecule has 6 nitrogen and oxygen atoms in total. The standard InChI is InChI=1S/C19H19N5O/c1-2-14-7-3-4-9-16(14)23-19-21-12-10-17(24-19)18(25)22-13-15-8-5-6-11-20-15/h3-12H,2,13H2,1H3,(H,22,25)(H,21,23,24). The van der Waals surface area contributed by atoms with Gasteiger partial charge < -0.3 is 10.6 Å². The Kier molecular flexibility index (Phi) is 5.31. The second-order valence-electron chi connectivity index (χ2n) is 5.40. The predicted octanol–water partition coefficient (Wildman–Crippen LogP) is 3.11. The van der Waals surface area contributed by atoms with Crippen molar-refractivity contribution in [2.24, 2.45) is 0 Å². The molecular formula is C19H19N5O. The van der Waals surface area contributed by atoms with Crippen LogP contribution in [0.1, 0.15) is 28.7 Å². The minimum absolute atomic E-state index is 0.264. The summed E-state index contributed by atoms with van der Waals surface area (Å²) in [7, 11) is 0. The van der Waals surface area contributed by atoms with Gasteiger partial charge in [-0.05, 0) is 36.2 Å². The molecule has 0 saturated carbocycles. The SMILES string of the molecule is CCc1ccccc1Nc1nccc(C(=O)NCc2ccccn2)n1. The summed E-state index contributed by atoms with van der Waals surface area (Å²) in [5.74, 6) is 0.131. The highest BCUT2D eigenvalue weighted by atomic mass is 16.1. The van der Waals surface area contributed by atoms with Crippen LogP contribution in [0.3, 0.4) is 0 Å². The number of aromatic nitrogens is 3. The smallest absolute Gasteiger partial charge is 0.270 e. The van der Waals surface area contributed by atoms with Gasteiger partial charge in [-0.25, -0.2) is 9.97 Å². The molecule has 126 valence electrons. The Labute approximate surface area is 146 Å². The van der Waals surface area contributed by atoms with E-state index in [1.807, 2.05) is 42.5 Å². The number of nitrogens with zero attached hydrogens (tertiary/aromatic N) is 3. The van der Waals surface area contributed by atoms with Crippen LogP contribution in [0.4, 0.5) is 11.6 Å². The summed E-state index contributed by atoms with van der Waals surface area (Å²) in [6.07, 6.45) is 4.16. The zero-order chi connectivity index (χ0) is 17.5. The summed E-state index contributed by atoms with van der Waals surface area (Å²) in [6.45, 7) is 2.44. The third-order valence-corrected chi connectivity index (χ3v) is 3.69. The van der Waals surface area contributed by atoms with E-state index in [1.165, 1.54) is 0 Å². The monoisotopic (exact) mass is 333 g/mol. The Morgan fingerprint density at radius 1 is 1.00 bits per heavy atom. The maximum atomic E-state index is 12.3. The predicted molar refractivity (Wildman–Crippen MR) is 96.5 cm³/mol. The molecule has 3 rings (SSSR count). The fourth-order valence-corrected chi connectivity index (χ4v) is 2.38. The zero-order valence-corrected chi connectivity index (χ0v) is 13.9. The van der Waals surface area contributed by atoms with Crippen molar-refractivity contribution in [3.63, 3.8) is 0 Å². The molecule has 0 unspecified atom stereocenters. The Morgan fingerprint density at radius 3 is 2.64 bits per heavy atom. The number of benzene rings is 1. The van der Waals surface area contributed by atoms with Gasteiger partial charge in [0.1, 0.15) is 5.69 Å². The van der Waals surface area contributed by atoms with Crippen molar-refractivity contribution in [3.8, 4) is 0 Å². The molecule has 0 atom stereocenters. The molecule has 1 amide bonds. The second kappa shape index (κ2) is 8.01. The largest absolute Gasteiger partial charge is 0.345 e. The van der Waals surface area contributed by atoms with E-state index in [9.17, 15) is 4.79 Å². The molecule has 0 aliphatic carbocycles. The molecule has 3 aromatic rings. The summed E-state index contributed by atoms with van der Waals surface area (Å²) in [5.41, 5.74) is 3.20. The molecule has 0 saturated heterocycles. The normalized spacial score (nSPS) is 10.3. The van der Waals surface area contributed by atoms with E-state index >= 15 is 0 Å². The molecule has 2 N–H and O–H groups in total. The van der Waals surface area contributed by atoms with E-state index in [2.05, 4.69) is 32.5 Å². The second-order valence-corrected chi connectivity index (χ2v) is 5.40. The first kappa shape index (κ1) is 16.6. The molecule has 0 fully saturated rings. The molecule has 2 heterocycles. The third kappa shape index (κ3) is 4.38. The Morgan fingerprint density at radius 2 is 1.84 bits per heavy atom. The summed E-state index contributed by atoms with van der Waals surface area (Å²) < 4.78 is 0. The number of nitrogens with one attached hydrogen (secondary N) is 2. The van der Waals surface area contributed by atoms with E-state index in [1.54, 1.807) is 18.5 Å². The number of rotatable bonds is 6. The molecule has 0 spiro atoms. The summed E-state index contributed by atoms with van der Waals surface area (Å²) >= 11 is 0. The van der Waals surface area contributed by atoms with Gasteiger partial charge in [0.25, 0.3) is 5.91 Å². The molecule has 0 bridgehead atoms. The van der Waals surface area contributed by atoms with Crippen LogP contribution in [0, 0.1) is 0 Å². The number of carbonyl (C=O) groups is 1. The number of para-hydroxylation sites is 1. The lowest BCUT2D eigenvalue weighted by Crippen LogP contribution is -2.24. The maximum Gasteiger partial charge on any atom is 0.270 e. The lowest BCUT2D eigenvalue weighted by Gasteiger charge is -2.10. The van der Waals surface area contributed by atoms with Crippen LogP contribution in [0.15, 0.2) is 60.9 Å². The van der Waals surface area contributed by atoms with Crippen molar-refractivity contribution in [1.82, 2.24) is 20.3 Å². The summed E-state index contributed by atoms with van der Waals surface area (Å²) in [5, 5.41) is 5.99. The molecule has 1 aromatic carbocycles. The fraction of sp³-hybridized carbons (Fsp3) is 0.158. The molecule has 0 aliphatic rings. The number of hydrogen-bond donors (Lipinski definition) is 2. The van der Waals surface area contributed by atoms with Gasteiger partial charge in [0.2, 0.25) is 5.95 Å². The van der Waals surface area contributed by atoms with E-state index in [0.29, 0.717) is 18.2 Å². The van der Waals surface area contributed by atoms with E-state index in [4.69, 9.17) is 0 Å². The molecule has 0 radical (unpaired) electrons. The van der Waals surface area contributed by atoms with Gasteiger partial charge in [0.05, 0.1) is 12.2 Å². The number of pyridine rings is 1. The molecule has 25 heavy (non-hydrogen) atoms. The summed E-state index contributed by atoms with van der Waals surface area (Å²) in [6, 6.07) is 15.1. The highest BCUT2D eigenvalue weighted by Gasteiger charge is 2.10. The first-order valence-electron chi connectivity index (χ1n) is 8.12. The van der Waals surface area contributed by atoms with Gasteiger partial charge in [0, 0.05) is 18.1 Å². The maximum absolute atomic E-state index is 12.3. The Hall–Kier alpha value is -3.28. The van der Waals surface area contributed by atoms with E-state index in [0.717, 1.165) is 23.4 Å². The van der Waals surface area contributed by atoms with Crippen LogP contribution in [-0.2, 0) is 13.0 Å². The number of aryl methyl sites for hydroxylation is 1. The molecular weight excluding hydrogens is 314 g/mol. The van der Waals surface area contributed by atoms with Crippen molar-refractivity contribution in [1.29, 1.82) is 0 Å². The zero-order valence-electron chi connectivity index (χ0n) is 13.9. The molecule has 2 aromatic heterocycles. The lowest BCUT2D eigenvalue weighted by molar-refractivity contribution is 0.0945. The average Bonchev–Trinajstić information content (AvgIpc) is 2.67. The number of anilines is 2. The average molecular weight is 333 g/mol. The van der Waals surface area contributed by atoms with Gasteiger partial charge in [-0.2, -0.15) is 0 Å².